The van der Waals surface area contributed by atoms with Crippen LogP contribution < -0.4 is 0 Å². The highest BCUT2D eigenvalue weighted by Crippen LogP contribution is 2.27. The molecule has 1 aromatic rings. The minimum atomic E-state index is -0.814. The highest BCUT2D eigenvalue weighted by Gasteiger charge is 2.20. The SMILES string of the molecule is CC(C)c1ccccc1C(O)C(O)CCS. The Morgan fingerprint density at radius 2 is 1.69 bits per heavy atom. The smallest absolute Gasteiger partial charge is 0.105 e. The van der Waals surface area contributed by atoms with Gasteiger partial charge in [-0.2, -0.15) is 12.6 Å². The molecule has 3 heteroatoms. The highest BCUT2D eigenvalue weighted by atomic mass is 32.1. The highest BCUT2D eigenvalue weighted by molar-refractivity contribution is 7.80. The van der Waals surface area contributed by atoms with Crippen LogP contribution in [0.15, 0.2) is 24.3 Å². The molecule has 1 aromatic carbocycles. The van der Waals surface area contributed by atoms with Crippen molar-refractivity contribution in [1.29, 1.82) is 0 Å². The zero-order chi connectivity index (χ0) is 12.1. The molecule has 16 heavy (non-hydrogen) atoms. The van der Waals surface area contributed by atoms with E-state index in [4.69, 9.17) is 0 Å². The number of hydrogen-bond acceptors (Lipinski definition) is 3. The van der Waals surface area contributed by atoms with E-state index in [1.54, 1.807) is 0 Å². The molecule has 0 aliphatic heterocycles. The van der Waals surface area contributed by atoms with E-state index < -0.39 is 12.2 Å². The van der Waals surface area contributed by atoms with Gasteiger partial charge in [0.2, 0.25) is 0 Å². The molecule has 0 aliphatic carbocycles. The van der Waals surface area contributed by atoms with E-state index in [9.17, 15) is 10.2 Å². The van der Waals surface area contributed by atoms with E-state index in [1.165, 1.54) is 0 Å². The lowest BCUT2D eigenvalue weighted by Crippen LogP contribution is -2.20. The third-order valence-corrected chi connectivity index (χ3v) is 2.98. The first-order valence-corrected chi connectivity index (χ1v) is 6.27. The molecule has 0 saturated heterocycles. The van der Waals surface area contributed by atoms with Crippen molar-refractivity contribution in [2.45, 2.75) is 38.4 Å². The summed E-state index contributed by atoms with van der Waals surface area (Å²) in [4.78, 5) is 0. The largest absolute Gasteiger partial charge is 0.390 e. The second kappa shape index (κ2) is 6.28. The molecule has 90 valence electrons. The molecule has 0 heterocycles. The standard InChI is InChI=1S/C13H20O2S/c1-9(2)10-5-3-4-6-11(10)13(15)12(14)7-8-16/h3-6,9,12-16H,7-8H2,1-2H3. The Bertz CT molecular complexity index is 325. The number of hydrogen-bond donors (Lipinski definition) is 3. The zero-order valence-electron chi connectivity index (χ0n) is 9.80. The Balaban J connectivity index is 2.93. The van der Waals surface area contributed by atoms with Crippen molar-refractivity contribution >= 4 is 12.6 Å². The molecule has 2 unspecified atom stereocenters. The molecule has 0 aliphatic rings. The van der Waals surface area contributed by atoms with Crippen LogP contribution in [0.3, 0.4) is 0 Å². The van der Waals surface area contributed by atoms with Crippen LogP contribution in [0.2, 0.25) is 0 Å². The number of benzene rings is 1. The van der Waals surface area contributed by atoms with E-state index in [-0.39, 0.29) is 0 Å². The Morgan fingerprint density at radius 3 is 2.19 bits per heavy atom. The van der Waals surface area contributed by atoms with Gasteiger partial charge in [0.05, 0.1) is 6.10 Å². The maximum Gasteiger partial charge on any atom is 0.105 e. The lowest BCUT2D eigenvalue weighted by atomic mass is 9.91. The fraction of sp³-hybridized carbons (Fsp3) is 0.538. The average molecular weight is 240 g/mol. The van der Waals surface area contributed by atoms with Gasteiger partial charge in [-0.3, -0.25) is 0 Å². The minimum absolute atomic E-state index is 0.342. The van der Waals surface area contributed by atoms with Crippen LogP contribution in [-0.2, 0) is 0 Å². The van der Waals surface area contributed by atoms with Crippen LogP contribution in [-0.4, -0.2) is 22.1 Å². The van der Waals surface area contributed by atoms with Crippen LogP contribution in [0.25, 0.3) is 0 Å². The maximum absolute atomic E-state index is 10.1. The maximum atomic E-state index is 10.1. The first-order valence-electron chi connectivity index (χ1n) is 5.63. The van der Waals surface area contributed by atoms with Gasteiger partial charge >= 0.3 is 0 Å². The number of aliphatic hydroxyl groups excluding tert-OH is 2. The van der Waals surface area contributed by atoms with Gasteiger partial charge in [-0.25, -0.2) is 0 Å². The van der Waals surface area contributed by atoms with Crippen LogP contribution in [0.4, 0.5) is 0 Å². The Kier molecular flexibility index (Phi) is 5.32. The van der Waals surface area contributed by atoms with E-state index in [2.05, 4.69) is 26.5 Å². The van der Waals surface area contributed by atoms with Crippen molar-refractivity contribution < 1.29 is 10.2 Å². The fourth-order valence-electron chi connectivity index (χ4n) is 1.80. The van der Waals surface area contributed by atoms with Gasteiger partial charge in [0.15, 0.2) is 0 Å². The van der Waals surface area contributed by atoms with Crippen LogP contribution >= 0.6 is 12.6 Å². The van der Waals surface area contributed by atoms with Crippen molar-refractivity contribution in [3.63, 3.8) is 0 Å². The summed E-state index contributed by atoms with van der Waals surface area (Å²) in [5.41, 5.74) is 1.92. The van der Waals surface area contributed by atoms with Crippen molar-refractivity contribution in [2.24, 2.45) is 0 Å². The molecular weight excluding hydrogens is 220 g/mol. The number of thiol groups is 1. The fourth-order valence-corrected chi connectivity index (χ4v) is 2.07. The van der Waals surface area contributed by atoms with Gasteiger partial charge in [-0.1, -0.05) is 38.1 Å². The van der Waals surface area contributed by atoms with E-state index >= 15 is 0 Å². The van der Waals surface area contributed by atoms with Crippen molar-refractivity contribution in [2.75, 3.05) is 5.75 Å². The topological polar surface area (TPSA) is 40.5 Å². The van der Waals surface area contributed by atoms with E-state index in [0.717, 1.165) is 11.1 Å². The lowest BCUT2D eigenvalue weighted by molar-refractivity contribution is 0.0166. The molecule has 0 radical (unpaired) electrons. The van der Waals surface area contributed by atoms with Gasteiger partial charge in [0, 0.05) is 0 Å². The predicted octanol–water partition coefficient (Wildman–Crippen LogP) is 2.52. The van der Waals surface area contributed by atoms with Crippen molar-refractivity contribution in [3.8, 4) is 0 Å². The summed E-state index contributed by atoms with van der Waals surface area (Å²) in [5.74, 6) is 0.913. The monoisotopic (exact) mass is 240 g/mol. The van der Waals surface area contributed by atoms with Crippen LogP contribution in [0, 0.1) is 0 Å². The number of rotatable bonds is 5. The minimum Gasteiger partial charge on any atom is -0.390 e. The normalized spacial score (nSPS) is 15.1. The first-order chi connectivity index (χ1) is 7.57. The predicted molar refractivity (Wildman–Crippen MR) is 70.0 cm³/mol. The summed E-state index contributed by atoms with van der Waals surface area (Å²) in [7, 11) is 0. The summed E-state index contributed by atoms with van der Waals surface area (Å²) >= 11 is 4.06. The van der Waals surface area contributed by atoms with E-state index in [0.29, 0.717) is 18.1 Å². The quantitative estimate of drug-likeness (QED) is 0.692. The molecule has 0 bridgehead atoms. The summed E-state index contributed by atoms with van der Waals surface area (Å²) in [6.07, 6.45) is -1.06. The molecule has 0 fully saturated rings. The average Bonchev–Trinajstić information content (AvgIpc) is 2.28. The molecule has 0 spiro atoms. The Hall–Kier alpha value is -0.510. The van der Waals surface area contributed by atoms with Crippen molar-refractivity contribution in [1.82, 2.24) is 0 Å². The summed E-state index contributed by atoms with van der Waals surface area (Å²) in [6.45, 7) is 4.16. The molecule has 1 rings (SSSR count). The summed E-state index contributed by atoms with van der Waals surface area (Å²) in [6, 6.07) is 7.72. The zero-order valence-corrected chi connectivity index (χ0v) is 10.7. The van der Waals surface area contributed by atoms with Crippen LogP contribution in [0.5, 0.6) is 0 Å². The molecular formula is C13H20O2S. The van der Waals surface area contributed by atoms with Gasteiger partial charge in [0.1, 0.15) is 6.10 Å². The molecule has 2 N–H and O–H groups in total. The number of aliphatic hydroxyl groups is 2. The van der Waals surface area contributed by atoms with Gasteiger partial charge in [-0.05, 0) is 29.2 Å². The molecule has 2 atom stereocenters. The second-order valence-corrected chi connectivity index (χ2v) is 4.76. The van der Waals surface area contributed by atoms with E-state index in [1.807, 2.05) is 24.3 Å². The Labute approximate surface area is 103 Å². The third-order valence-electron chi connectivity index (χ3n) is 2.73. The first kappa shape index (κ1) is 13.6. The molecule has 0 aromatic heterocycles. The summed E-state index contributed by atoms with van der Waals surface area (Å²) < 4.78 is 0. The lowest BCUT2D eigenvalue weighted by Gasteiger charge is -2.21. The molecule has 0 saturated carbocycles. The Morgan fingerprint density at radius 1 is 1.12 bits per heavy atom. The van der Waals surface area contributed by atoms with Gasteiger partial charge < -0.3 is 10.2 Å². The second-order valence-electron chi connectivity index (χ2n) is 4.31. The molecule has 2 nitrogen and oxygen atoms in total. The third kappa shape index (κ3) is 3.24. The molecule has 0 amide bonds. The van der Waals surface area contributed by atoms with Gasteiger partial charge in [0.25, 0.3) is 0 Å². The van der Waals surface area contributed by atoms with Gasteiger partial charge in [-0.15, -0.1) is 0 Å². The van der Waals surface area contributed by atoms with Crippen LogP contribution in [0.1, 0.15) is 43.4 Å². The van der Waals surface area contributed by atoms with Crippen molar-refractivity contribution in [3.05, 3.63) is 35.4 Å². The summed E-state index contributed by atoms with van der Waals surface area (Å²) in [5, 5.41) is 19.8.